The molecule has 76 valence electrons. The molecule has 14 heavy (non-hydrogen) atoms. The summed E-state index contributed by atoms with van der Waals surface area (Å²) >= 11 is 6.02. The van der Waals surface area contributed by atoms with Crippen molar-refractivity contribution in [2.24, 2.45) is 11.1 Å². The molecule has 1 saturated carbocycles. The molecule has 2 nitrogen and oxygen atoms in total. The lowest BCUT2D eigenvalue weighted by Gasteiger charge is -2.13. The van der Waals surface area contributed by atoms with Crippen molar-refractivity contribution in [2.75, 3.05) is 6.54 Å². The van der Waals surface area contributed by atoms with Crippen LogP contribution in [0, 0.1) is 5.41 Å². The van der Waals surface area contributed by atoms with Gasteiger partial charge in [0.2, 0.25) is 0 Å². The standard InChI is InChI=1S/C11H14ClNO/c12-10-5-9(14)2-1-8(10)6-11(7-13)3-4-11/h1-2,5,14H,3-4,6-7,13H2. The van der Waals surface area contributed by atoms with E-state index in [4.69, 9.17) is 17.3 Å². The fraction of sp³-hybridized carbons (Fsp3) is 0.455. The Morgan fingerprint density at radius 2 is 2.14 bits per heavy atom. The second-order valence-electron chi connectivity index (χ2n) is 4.16. The summed E-state index contributed by atoms with van der Waals surface area (Å²) in [6.45, 7) is 0.726. The minimum Gasteiger partial charge on any atom is -0.508 e. The lowest BCUT2D eigenvalue weighted by molar-refractivity contribution is 0.474. The molecule has 0 amide bonds. The Hall–Kier alpha value is -0.730. The number of rotatable bonds is 3. The summed E-state index contributed by atoms with van der Waals surface area (Å²) in [5.41, 5.74) is 7.09. The van der Waals surface area contributed by atoms with E-state index in [0.717, 1.165) is 18.5 Å². The number of benzene rings is 1. The minimum atomic E-state index is 0.219. The summed E-state index contributed by atoms with van der Waals surface area (Å²) in [4.78, 5) is 0. The van der Waals surface area contributed by atoms with Crippen molar-refractivity contribution in [1.82, 2.24) is 0 Å². The number of nitrogens with two attached hydrogens (primary N) is 1. The molecule has 1 fully saturated rings. The van der Waals surface area contributed by atoms with Crippen LogP contribution in [0.4, 0.5) is 0 Å². The van der Waals surface area contributed by atoms with Gasteiger partial charge in [0, 0.05) is 5.02 Å². The van der Waals surface area contributed by atoms with Crippen molar-refractivity contribution in [3.8, 4) is 5.75 Å². The van der Waals surface area contributed by atoms with Gasteiger partial charge in [-0.3, -0.25) is 0 Å². The van der Waals surface area contributed by atoms with Gasteiger partial charge in [0.25, 0.3) is 0 Å². The van der Waals surface area contributed by atoms with Crippen LogP contribution in [0.2, 0.25) is 5.02 Å². The summed E-state index contributed by atoms with van der Waals surface area (Å²) in [5.74, 6) is 0.219. The highest BCUT2D eigenvalue weighted by Gasteiger charge is 2.41. The summed E-state index contributed by atoms with van der Waals surface area (Å²) in [7, 11) is 0. The predicted octanol–water partition coefficient (Wildman–Crippen LogP) is 2.33. The van der Waals surface area contributed by atoms with E-state index in [1.54, 1.807) is 12.1 Å². The SMILES string of the molecule is NCC1(Cc2ccc(O)cc2Cl)CC1. The average molecular weight is 212 g/mol. The highest BCUT2D eigenvalue weighted by molar-refractivity contribution is 6.31. The van der Waals surface area contributed by atoms with E-state index in [2.05, 4.69) is 0 Å². The van der Waals surface area contributed by atoms with Crippen molar-refractivity contribution >= 4 is 11.6 Å². The van der Waals surface area contributed by atoms with Crippen LogP contribution in [-0.2, 0) is 6.42 Å². The molecule has 2 rings (SSSR count). The van der Waals surface area contributed by atoms with E-state index >= 15 is 0 Å². The molecule has 0 unspecified atom stereocenters. The molecule has 0 aliphatic heterocycles. The highest BCUT2D eigenvalue weighted by atomic mass is 35.5. The minimum absolute atomic E-state index is 0.219. The fourth-order valence-corrected chi connectivity index (χ4v) is 1.96. The van der Waals surface area contributed by atoms with E-state index in [1.165, 1.54) is 12.8 Å². The largest absolute Gasteiger partial charge is 0.508 e. The summed E-state index contributed by atoms with van der Waals surface area (Å²) in [6, 6.07) is 5.14. The molecular weight excluding hydrogens is 198 g/mol. The molecule has 0 aromatic heterocycles. The molecule has 1 aliphatic rings. The third-order valence-corrected chi connectivity index (χ3v) is 3.34. The van der Waals surface area contributed by atoms with Crippen LogP contribution >= 0.6 is 11.6 Å². The molecule has 0 atom stereocenters. The van der Waals surface area contributed by atoms with Crippen LogP contribution < -0.4 is 5.73 Å². The first-order chi connectivity index (χ1) is 6.65. The van der Waals surface area contributed by atoms with Gasteiger partial charge in [-0.05, 0) is 48.9 Å². The molecule has 0 spiro atoms. The van der Waals surface area contributed by atoms with Gasteiger partial charge in [-0.2, -0.15) is 0 Å². The van der Waals surface area contributed by atoms with Gasteiger partial charge in [0.1, 0.15) is 5.75 Å². The average Bonchev–Trinajstić information content (AvgIpc) is 2.91. The predicted molar refractivity (Wildman–Crippen MR) is 57.5 cm³/mol. The van der Waals surface area contributed by atoms with E-state index < -0.39 is 0 Å². The number of hydrogen-bond donors (Lipinski definition) is 2. The normalized spacial score (nSPS) is 18.1. The first-order valence-electron chi connectivity index (χ1n) is 4.83. The maximum Gasteiger partial charge on any atom is 0.117 e. The van der Waals surface area contributed by atoms with Crippen LogP contribution in [0.25, 0.3) is 0 Å². The Labute approximate surface area is 88.7 Å². The molecule has 0 bridgehead atoms. The molecule has 0 heterocycles. The lowest BCUT2D eigenvalue weighted by Crippen LogP contribution is -2.18. The van der Waals surface area contributed by atoms with E-state index in [9.17, 15) is 5.11 Å². The van der Waals surface area contributed by atoms with Crippen LogP contribution in [0.3, 0.4) is 0 Å². The zero-order valence-electron chi connectivity index (χ0n) is 7.96. The lowest BCUT2D eigenvalue weighted by atomic mass is 9.96. The number of phenols is 1. The highest BCUT2D eigenvalue weighted by Crippen LogP contribution is 2.48. The van der Waals surface area contributed by atoms with Crippen molar-refractivity contribution in [2.45, 2.75) is 19.3 Å². The molecule has 1 aliphatic carbocycles. The Morgan fingerprint density at radius 3 is 2.64 bits per heavy atom. The molecule has 1 aromatic rings. The summed E-state index contributed by atoms with van der Waals surface area (Å²) < 4.78 is 0. The van der Waals surface area contributed by atoms with Crippen molar-refractivity contribution in [1.29, 1.82) is 0 Å². The van der Waals surface area contributed by atoms with Crippen molar-refractivity contribution in [3.63, 3.8) is 0 Å². The van der Waals surface area contributed by atoms with E-state index in [1.807, 2.05) is 6.07 Å². The van der Waals surface area contributed by atoms with Crippen molar-refractivity contribution in [3.05, 3.63) is 28.8 Å². The monoisotopic (exact) mass is 211 g/mol. The quantitative estimate of drug-likeness (QED) is 0.806. The van der Waals surface area contributed by atoms with Crippen LogP contribution in [0.5, 0.6) is 5.75 Å². The smallest absolute Gasteiger partial charge is 0.117 e. The maximum absolute atomic E-state index is 9.20. The Bertz CT molecular complexity index is 347. The number of phenolic OH excluding ortho intramolecular Hbond substituents is 1. The summed E-state index contributed by atoms with van der Waals surface area (Å²) in [5, 5.41) is 9.84. The number of halogens is 1. The van der Waals surface area contributed by atoms with Crippen LogP contribution in [-0.4, -0.2) is 11.7 Å². The molecule has 1 aromatic carbocycles. The maximum atomic E-state index is 9.20. The third kappa shape index (κ3) is 1.86. The zero-order chi connectivity index (χ0) is 10.2. The van der Waals surface area contributed by atoms with Gasteiger partial charge < -0.3 is 10.8 Å². The fourth-order valence-electron chi connectivity index (χ4n) is 1.71. The van der Waals surface area contributed by atoms with Gasteiger partial charge >= 0.3 is 0 Å². The van der Waals surface area contributed by atoms with Gasteiger partial charge in [-0.15, -0.1) is 0 Å². The number of hydrogen-bond acceptors (Lipinski definition) is 2. The van der Waals surface area contributed by atoms with Gasteiger partial charge in [-0.1, -0.05) is 17.7 Å². The Balaban J connectivity index is 2.17. The zero-order valence-corrected chi connectivity index (χ0v) is 8.72. The first-order valence-corrected chi connectivity index (χ1v) is 5.20. The van der Waals surface area contributed by atoms with E-state index in [-0.39, 0.29) is 5.75 Å². The molecule has 3 heteroatoms. The van der Waals surface area contributed by atoms with Crippen LogP contribution in [0.15, 0.2) is 18.2 Å². The van der Waals surface area contributed by atoms with Crippen molar-refractivity contribution < 1.29 is 5.11 Å². The third-order valence-electron chi connectivity index (χ3n) is 2.99. The number of aromatic hydroxyl groups is 1. The summed E-state index contributed by atoms with van der Waals surface area (Å²) in [6.07, 6.45) is 3.32. The second kappa shape index (κ2) is 3.44. The first kappa shape index (κ1) is 9.81. The second-order valence-corrected chi connectivity index (χ2v) is 4.56. The van der Waals surface area contributed by atoms with E-state index in [0.29, 0.717) is 10.4 Å². The molecular formula is C11H14ClNO. The molecule has 0 radical (unpaired) electrons. The molecule has 0 saturated heterocycles. The topological polar surface area (TPSA) is 46.2 Å². The van der Waals surface area contributed by atoms with Crippen LogP contribution in [0.1, 0.15) is 18.4 Å². The molecule has 3 N–H and O–H groups in total. The Kier molecular flexibility index (Phi) is 2.41. The van der Waals surface area contributed by atoms with Gasteiger partial charge in [0.05, 0.1) is 0 Å². The van der Waals surface area contributed by atoms with Gasteiger partial charge in [-0.25, -0.2) is 0 Å². The van der Waals surface area contributed by atoms with Gasteiger partial charge in [0.15, 0.2) is 0 Å². The Morgan fingerprint density at radius 1 is 1.43 bits per heavy atom.